The molecule has 122 valence electrons. The van der Waals surface area contributed by atoms with E-state index in [4.69, 9.17) is 4.42 Å². The Bertz CT molecular complexity index is 1240. The van der Waals surface area contributed by atoms with Crippen LogP contribution in [0.25, 0.3) is 22.1 Å². The van der Waals surface area contributed by atoms with E-state index in [0.717, 1.165) is 5.52 Å². The molecule has 9 nitrogen and oxygen atoms in total. The second-order valence-electron chi connectivity index (χ2n) is 5.19. The molecule has 0 aliphatic rings. The van der Waals surface area contributed by atoms with Crippen molar-refractivity contribution < 1.29 is 12.8 Å². The van der Waals surface area contributed by atoms with Crippen molar-refractivity contribution in [1.29, 1.82) is 0 Å². The molecule has 4 aromatic rings. The van der Waals surface area contributed by atoms with E-state index in [1.54, 1.807) is 29.9 Å². The number of hydrogen-bond acceptors (Lipinski definition) is 6. The second-order valence-corrected chi connectivity index (χ2v) is 6.88. The summed E-state index contributed by atoms with van der Waals surface area (Å²) in [5.74, 6) is -0.638. The predicted molar refractivity (Wildman–Crippen MR) is 86.2 cm³/mol. The van der Waals surface area contributed by atoms with E-state index in [-0.39, 0.29) is 10.5 Å². The Morgan fingerprint density at radius 2 is 2.04 bits per heavy atom. The molecule has 10 heteroatoms. The van der Waals surface area contributed by atoms with Gasteiger partial charge in [0, 0.05) is 13.1 Å². The number of sulfonamides is 1. The first-order valence-electron chi connectivity index (χ1n) is 6.87. The van der Waals surface area contributed by atoms with Gasteiger partial charge in [0.2, 0.25) is 0 Å². The number of aromatic nitrogens is 4. The standard InChI is InChI=1S/C14H11N5O4S/c1-19-12-5-2-8(6-11(12)16-18-19)17-24(21,22)9-3-4-10-13(7-9)23-14(20)15-10/h2-7,17H,1H3,(H,15,20). The zero-order chi connectivity index (χ0) is 16.9. The summed E-state index contributed by atoms with van der Waals surface area (Å²) in [5, 5.41) is 7.82. The van der Waals surface area contributed by atoms with Crippen LogP contribution in [-0.2, 0) is 17.1 Å². The summed E-state index contributed by atoms with van der Waals surface area (Å²) in [7, 11) is -2.09. The first-order valence-corrected chi connectivity index (χ1v) is 8.36. The van der Waals surface area contributed by atoms with Crippen LogP contribution in [0.15, 0.2) is 50.5 Å². The minimum absolute atomic E-state index is 0.0167. The Hall–Kier alpha value is -3.14. The summed E-state index contributed by atoms with van der Waals surface area (Å²) in [5.41, 5.74) is 2.32. The molecule has 0 amide bonds. The smallest absolute Gasteiger partial charge is 0.408 e. The summed E-state index contributed by atoms with van der Waals surface area (Å²) >= 11 is 0. The van der Waals surface area contributed by atoms with Gasteiger partial charge in [-0.3, -0.25) is 9.71 Å². The number of anilines is 1. The van der Waals surface area contributed by atoms with Crippen molar-refractivity contribution in [3.8, 4) is 0 Å². The molecule has 0 saturated heterocycles. The van der Waals surface area contributed by atoms with Gasteiger partial charge in [-0.05, 0) is 30.3 Å². The van der Waals surface area contributed by atoms with Crippen LogP contribution < -0.4 is 10.5 Å². The van der Waals surface area contributed by atoms with Gasteiger partial charge in [-0.1, -0.05) is 5.21 Å². The first kappa shape index (κ1) is 14.5. The van der Waals surface area contributed by atoms with Crippen molar-refractivity contribution >= 4 is 37.8 Å². The number of aromatic amines is 1. The first-order chi connectivity index (χ1) is 11.4. The molecule has 0 unspecified atom stereocenters. The Labute approximate surface area is 134 Å². The van der Waals surface area contributed by atoms with Crippen LogP contribution in [0.1, 0.15) is 0 Å². The lowest BCUT2D eigenvalue weighted by atomic mass is 10.3. The van der Waals surface area contributed by atoms with Crippen LogP contribution in [0, 0.1) is 0 Å². The van der Waals surface area contributed by atoms with Crippen LogP contribution >= 0.6 is 0 Å². The fourth-order valence-corrected chi connectivity index (χ4v) is 3.48. The van der Waals surface area contributed by atoms with E-state index < -0.39 is 15.8 Å². The number of hydrogen-bond donors (Lipinski definition) is 2. The summed E-state index contributed by atoms with van der Waals surface area (Å²) in [4.78, 5) is 13.6. The van der Waals surface area contributed by atoms with E-state index in [1.807, 2.05) is 0 Å². The van der Waals surface area contributed by atoms with E-state index >= 15 is 0 Å². The average molecular weight is 345 g/mol. The molecule has 24 heavy (non-hydrogen) atoms. The number of nitrogens with one attached hydrogen (secondary N) is 2. The van der Waals surface area contributed by atoms with Crippen LogP contribution in [0.3, 0.4) is 0 Å². The third-order valence-electron chi connectivity index (χ3n) is 3.57. The van der Waals surface area contributed by atoms with Gasteiger partial charge in [-0.2, -0.15) is 0 Å². The highest BCUT2D eigenvalue weighted by atomic mass is 32.2. The molecule has 0 saturated carbocycles. The van der Waals surface area contributed by atoms with Crippen molar-refractivity contribution in [3.05, 3.63) is 46.9 Å². The van der Waals surface area contributed by atoms with E-state index in [0.29, 0.717) is 16.7 Å². The molecule has 2 aromatic heterocycles. The molecule has 0 spiro atoms. The van der Waals surface area contributed by atoms with Gasteiger partial charge in [0.25, 0.3) is 10.0 Å². The Kier molecular flexibility index (Phi) is 2.97. The van der Waals surface area contributed by atoms with Gasteiger partial charge in [0.05, 0.1) is 21.6 Å². The molecule has 0 fully saturated rings. The quantitative estimate of drug-likeness (QED) is 0.575. The van der Waals surface area contributed by atoms with Crippen LogP contribution in [0.2, 0.25) is 0 Å². The number of rotatable bonds is 3. The second kappa shape index (κ2) is 4.93. The molecular formula is C14H11N5O4S. The molecule has 0 atom stereocenters. The Balaban J connectivity index is 1.73. The van der Waals surface area contributed by atoms with Gasteiger partial charge in [-0.25, -0.2) is 17.9 Å². The number of oxazole rings is 1. The predicted octanol–water partition coefficient (Wildman–Crippen LogP) is 1.20. The van der Waals surface area contributed by atoms with Crippen molar-refractivity contribution in [2.45, 2.75) is 4.90 Å². The molecule has 2 N–H and O–H groups in total. The van der Waals surface area contributed by atoms with Gasteiger partial charge in [0.1, 0.15) is 5.52 Å². The van der Waals surface area contributed by atoms with E-state index in [1.165, 1.54) is 18.2 Å². The molecule has 0 radical (unpaired) electrons. The number of fused-ring (bicyclic) bond motifs is 2. The largest absolute Gasteiger partial charge is 0.417 e. The molecule has 0 bridgehead atoms. The summed E-state index contributed by atoms with van der Waals surface area (Å²) in [6.07, 6.45) is 0. The lowest BCUT2D eigenvalue weighted by Crippen LogP contribution is -2.12. The van der Waals surface area contributed by atoms with Crippen LogP contribution in [-0.4, -0.2) is 28.4 Å². The Morgan fingerprint density at radius 3 is 2.88 bits per heavy atom. The number of H-pyrrole nitrogens is 1. The summed E-state index contributed by atoms with van der Waals surface area (Å²) < 4.78 is 34.0. The zero-order valence-electron chi connectivity index (χ0n) is 12.3. The third-order valence-corrected chi connectivity index (χ3v) is 4.94. The fourth-order valence-electron chi connectivity index (χ4n) is 2.41. The van der Waals surface area contributed by atoms with Gasteiger partial charge < -0.3 is 4.42 Å². The minimum Gasteiger partial charge on any atom is -0.408 e. The third kappa shape index (κ3) is 2.33. The molecule has 0 aliphatic carbocycles. The highest BCUT2D eigenvalue weighted by Crippen LogP contribution is 2.22. The van der Waals surface area contributed by atoms with Crippen LogP contribution in [0.5, 0.6) is 0 Å². The van der Waals surface area contributed by atoms with Gasteiger partial charge >= 0.3 is 5.76 Å². The normalized spacial score (nSPS) is 12.0. The summed E-state index contributed by atoms with van der Waals surface area (Å²) in [6, 6.07) is 9.09. The Morgan fingerprint density at radius 1 is 1.21 bits per heavy atom. The molecular weight excluding hydrogens is 334 g/mol. The van der Waals surface area contributed by atoms with Gasteiger partial charge in [0.15, 0.2) is 5.58 Å². The average Bonchev–Trinajstić information content (AvgIpc) is 3.08. The van der Waals surface area contributed by atoms with Crippen molar-refractivity contribution in [2.75, 3.05) is 4.72 Å². The number of benzene rings is 2. The molecule has 4 rings (SSSR count). The maximum absolute atomic E-state index is 12.5. The highest BCUT2D eigenvalue weighted by molar-refractivity contribution is 7.92. The fraction of sp³-hybridized carbons (Fsp3) is 0.0714. The van der Waals surface area contributed by atoms with E-state index in [2.05, 4.69) is 20.0 Å². The lowest BCUT2D eigenvalue weighted by molar-refractivity contribution is 0.554. The van der Waals surface area contributed by atoms with Crippen molar-refractivity contribution in [3.63, 3.8) is 0 Å². The SMILES string of the molecule is Cn1nnc2cc(NS(=O)(=O)c3ccc4[nH]c(=O)oc4c3)ccc21. The monoisotopic (exact) mass is 345 g/mol. The molecule has 0 aliphatic heterocycles. The lowest BCUT2D eigenvalue weighted by Gasteiger charge is -2.08. The maximum atomic E-state index is 12.5. The zero-order valence-corrected chi connectivity index (χ0v) is 13.2. The number of nitrogens with zero attached hydrogens (tertiary/aromatic N) is 3. The van der Waals surface area contributed by atoms with E-state index in [9.17, 15) is 13.2 Å². The van der Waals surface area contributed by atoms with Crippen molar-refractivity contribution in [1.82, 2.24) is 20.0 Å². The van der Waals surface area contributed by atoms with Crippen molar-refractivity contribution in [2.24, 2.45) is 7.05 Å². The number of aryl methyl sites for hydroxylation is 1. The molecule has 2 heterocycles. The molecule has 2 aromatic carbocycles. The highest BCUT2D eigenvalue weighted by Gasteiger charge is 2.17. The summed E-state index contributed by atoms with van der Waals surface area (Å²) in [6.45, 7) is 0. The maximum Gasteiger partial charge on any atom is 0.417 e. The topological polar surface area (TPSA) is 123 Å². The van der Waals surface area contributed by atoms with Crippen LogP contribution in [0.4, 0.5) is 5.69 Å². The minimum atomic E-state index is -3.84. The van der Waals surface area contributed by atoms with Gasteiger partial charge in [-0.15, -0.1) is 5.10 Å².